The van der Waals surface area contributed by atoms with Gasteiger partial charge in [0.25, 0.3) is 0 Å². The number of hydrogen-bond donors (Lipinski definition) is 1. The Morgan fingerprint density at radius 3 is 2.27 bits per heavy atom. The number of nitrogens with one attached hydrogen (secondary N) is 1. The van der Waals surface area contributed by atoms with Crippen molar-refractivity contribution in [3.63, 3.8) is 0 Å². The van der Waals surface area contributed by atoms with Crippen molar-refractivity contribution in [3.8, 4) is 11.3 Å². The quantitative estimate of drug-likeness (QED) is 0.788. The predicted octanol–water partition coefficient (Wildman–Crippen LogP) is 1.89. The smallest absolute Gasteiger partial charge is 0.334 e. The van der Waals surface area contributed by atoms with Crippen molar-refractivity contribution in [2.45, 2.75) is 6.18 Å². The van der Waals surface area contributed by atoms with E-state index in [0.29, 0.717) is 5.56 Å². The summed E-state index contributed by atoms with van der Waals surface area (Å²) in [7, 11) is 0. The van der Waals surface area contributed by atoms with Gasteiger partial charge in [-0.05, 0) is 0 Å². The normalized spacial score (nSPS) is 11.7. The van der Waals surface area contributed by atoms with E-state index in [1.807, 2.05) is 0 Å². The second-order valence-corrected chi connectivity index (χ2v) is 2.77. The van der Waals surface area contributed by atoms with Crippen LogP contribution in [-0.2, 0) is 6.18 Å². The van der Waals surface area contributed by atoms with Crippen LogP contribution in [0.2, 0.25) is 0 Å². The molecule has 0 saturated carbocycles. The molecule has 7 heteroatoms. The zero-order chi connectivity index (χ0) is 10.9. The molecule has 0 aliphatic carbocycles. The van der Waals surface area contributed by atoms with Crippen molar-refractivity contribution in [1.29, 1.82) is 0 Å². The Labute approximate surface area is 82.2 Å². The Bertz CT molecular complexity index is 448. The molecular weight excluding hydrogens is 209 g/mol. The molecule has 0 aliphatic heterocycles. The van der Waals surface area contributed by atoms with E-state index in [-0.39, 0.29) is 5.69 Å². The van der Waals surface area contributed by atoms with Crippen LogP contribution in [0.15, 0.2) is 24.9 Å². The number of imidazole rings is 1. The number of rotatable bonds is 1. The van der Waals surface area contributed by atoms with Crippen molar-refractivity contribution in [2.24, 2.45) is 0 Å². The maximum absolute atomic E-state index is 12.2. The van der Waals surface area contributed by atoms with Crippen molar-refractivity contribution >= 4 is 0 Å². The van der Waals surface area contributed by atoms with Gasteiger partial charge in [-0.15, -0.1) is 0 Å². The van der Waals surface area contributed by atoms with Crippen LogP contribution in [0.5, 0.6) is 0 Å². The van der Waals surface area contributed by atoms with Crippen molar-refractivity contribution in [2.75, 3.05) is 0 Å². The van der Waals surface area contributed by atoms with Gasteiger partial charge in [0.2, 0.25) is 5.82 Å². The molecule has 1 N–H and O–H groups in total. The van der Waals surface area contributed by atoms with Crippen LogP contribution in [0.3, 0.4) is 0 Å². The standard InChI is InChI=1S/C8H5F3N4/c9-8(10,11)7-14-3-6(15-7)5-1-12-4-13-2-5/h1-4H,(H,14,15). The molecule has 78 valence electrons. The monoisotopic (exact) mass is 214 g/mol. The summed E-state index contributed by atoms with van der Waals surface area (Å²) in [5.41, 5.74) is 0.698. The van der Waals surface area contributed by atoms with E-state index >= 15 is 0 Å². The molecule has 0 radical (unpaired) electrons. The number of alkyl halides is 3. The molecule has 0 aliphatic rings. The third-order valence-electron chi connectivity index (χ3n) is 1.72. The Kier molecular flexibility index (Phi) is 2.14. The van der Waals surface area contributed by atoms with Gasteiger partial charge in [0.15, 0.2) is 0 Å². The van der Waals surface area contributed by atoms with Crippen LogP contribution in [0.25, 0.3) is 11.3 Å². The zero-order valence-corrected chi connectivity index (χ0v) is 7.28. The topological polar surface area (TPSA) is 54.5 Å². The molecule has 0 unspecified atom stereocenters. The first-order valence-corrected chi connectivity index (χ1v) is 3.95. The van der Waals surface area contributed by atoms with Crippen molar-refractivity contribution < 1.29 is 13.2 Å². The molecule has 0 saturated heterocycles. The van der Waals surface area contributed by atoms with E-state index < -0.39 is 12.0 Å². The summed E-state index contributed by atoms with van der Waals surface area (Å²) in [5.74, 6) is -1.03. The summed E-state index contributed by atoms with van der Waals surface area (Å²) in [6.45, 7) is 0. The predicted molar refractivity (Wildman–Crippen MR) is 44.6 cm³/mol. The molecule has 2 heterocycles. The molecule has 0 atom stereocenters. The number of H-pyrrole nitrogens is 1. The summed E-state index contributed by atoms with van der Waals surface area (Å²) in [5, 5.41) is 0. The molecule has 2 aromatic heterocycles. The maximum Gasteiger partial charge on any atom is 0.449 e. The minimum Gasteiger partial charge on any atom is -0.334 e. The van der Waals surface area contributed by atoms with Crippen LogP contribution in [-0.4, -0.2) is 19.9 Å². The number of aromatic amines is 1. The van der Waals surface area contributed by atoms with Gasteiger partial charge in [-0.1, -0.05) is 0 Å². The van der Waals surface area contributed by atoms with Crippen LogP contribution in [0.1, 0.15) is 5.82 Å². The van der Waals surface area contributed by atoms with E-state index in [4.69, 9.17) is 0 Å². The Balaban J connectivity index is 2.37. The lowest BCUT2D eigenvalue weighted by molar-refractivity contribution is -0.144. The highest BCUT2D eigenvalue weighted by Crippen LogP contribution is 2.28. The van der Waals surface area contributed by atoms with Crippen LogP contribution in [0.4, 0.5) is 13.2 Å². The van der Waals surface area contributed by atoms with Crippen LogP contribution in [0, 0.1) is 0 Å². The zero-order valence-electron chi connectivity index (χ0n) is 7.28. The maximum atomic E-state index is 12.2. The van der Waals surface area contributed by atoms with Gasteiger partial charge >= 0.3 is 6.18 Å². The molecule has 2 aromatic rings. The third-order valence-corrected chi connectivity index (χ3v) is 1.72. The highest BCUT2D eigenvalue weighted by molar-refractivity contribution is 5.55. The third kappa shape index (κ3) is 1.95. The van der Waals surface area contributed by atoms with E-state index in [0.717, 1.165) is 6.20 Å². The fraction of sp³-hybridized carbons (Fsp3) is 0.125. The number of aromatic nitrogens is 4. The number of hydrogen-bond acceptors (Lipinski definition) is 3. The lowest BCUT2D eigenvalue weighted by atomic mass is 10.3. The second-order valence-electron chi connectivity index (χ2n) is 2.77. The second kappa shape index (κ2) is 3.34. The number of nitrogens with zero attached hydrogens (tertiary/aromatic N) is 3. The van der Waals surface area contributed by atoms with Gasteiger partial charge in [0.05, 0.1) is 11.9 Å². The Morgan fingerprint density at radius 1 is 1.07 bits per heavy atom. The summed E-state index contributed by atoms with van der Waals surface area (Å²) in [4.78, 5) is 12.8. The highest BCUT2D eigenvalue weighted by atomic mass is 19.4. The molecule has 2 rings (SSSR count). The van der Waals surface area contributed by atoms with E-state index in [1.165, 1.54) is 18.7 Å². The van der Waals surface area contributed by atoms with Crippen LogP contribution >= 0.6 is 0 Å². The minimum absolute atomic E-state index is 0.239. The average molecular weight is 214 g/mol. The van der Waals surface area contributed by atoms with Gasteiger partial charge < -0.3 is 4.98 Å². The summed E-state index contributed by atoms with van der Waals surface area (Å²) >= 11 is 0. The Hall–Kier alpha value is -1.92. The molecule has 0 fully saturated rings. The molecule has 0 bridgehead atoms. The highest BCUT2D eigenvalue weighted by Gasteiger charge is 2.34. The first-order valence-electron chi connectivity index (χ1n) is 3.95. The number of halogens is 3. The molecule has 4 nitrogen and oxygen atoms in total. The van der Waals surface area contributed by atoms with E-state index in [1.54, 1.807) is 0 Å². The first-order chi connectivity index (χ1) is 7.07. The van der Waals surface area contributed by atoms with Gasteiger partial charge in [0, 0.05) is 18.0 Å². The largest absolute Gasteiger partial charge is 0.449 e. The van der Waals surface area contributed by atoms with Gasteiger partial charge in [-0.25, -0.2) is 15.0 Å². The Morgan fingerprint density at radius 2 is 1.73 bits per heavy atom. The van der Waals surface area contributed by atoms with Crippen molar-refractivity contribution in [1.82, 2.24) is 19.9 Å². The lowest BCUT2D eigenvalue weighted by Crippen LogP contribution is -2.07. The van der Waals surface area contributed by atoms with Gasteiger partial charge in [0.1, 0.15) is 6.33 Å². The summed E-state index contributed by atoms with van der Waals surface area (Å²) < 4.78 is 36.6. The molecule has 15 heavy (non-hydrogen) atoms. The molecule has 0 amide bonds. The summed E-state index contributed by atoms with van der Waals surface area (Å²) in [6.07, 6.45) is 0.737. The van der Waals surface area contributed by atoms with Crippen molar-refractivity contribution in [3.05, 3.63) is 30.7 Å². The fourth-order valence-electron chi connectivity index (χ4n) is 1.05. The molecule has 0 spiro atoms. The minimum atomic E-state index is -4.46. The van der Waals surface area contributed by atoms with Gasteiger partial charge in [-0.2, -0.15) is 13.2 Å². The van der Waals surface area contributed by atoms with E-state index in [2.05, 4.69) is 19.9 Å². The van der Waals surface area contributed by atoms with E-state index in [9.17, 15) is 13.2 Å². The average Bonchev–Trinajstić information content (AvgIpc) is 2.67. The lowest BCUT2D eigenvalue weighted by Gasteiger charge is -2.00. The van der Waals surface area contributed by atoms with Gasteiger partial charge in [-0.3, -0.25) is 0 Å². The molecular formula is C8H5F3N4. The van der Waals surface area contributed by atoms with Crippen LogP contribution < -0.4 is 0 Å². The SMILES string of the molecule is FC(F)(F)c1ncc(-c2cncnc2)[nH]1. The summed E-state index contributed by atoms with van der Waals surface area (Å²) in [6, 6.07) is 0. The fourth-order valence-corrected chi connectivity index (χ4v) is 1.05. The first kappa shape index (κ1) is 9.63. The molecule has 0 aromatic carbocycles.